The van der Waals surface area contributed by atoms with Gasteiger partial charge in [0.05, 0.1) is 0 Å². The van der Waals surface area contributed by atoms with Crippen LogP contribution < -0.4 is 10.6 Å². The maximum absolute atomic E-state index is 11.7. The molecule has 0 aliphatic carbocycles. The lowest BCUT2D eigenvalue weighted by molar-refractivity contribution is -0.139. The third kappa shape index (κ3) is 10.6. The van der Waals surface area contributed by atoms with Gasteiger partial charge in [-0.3, -0.25) is 4.79 Å². The van der Waals surface area contributed by atoms with Crippen molar-refractivity contribution in [3.63, 3.8) is 0 Å². The minimum absolute atomic E-state index is 0.00348. The molecular formula is C14H26N2O5. The summed E-state index contributed by atoms with van der Waals surface area (Å²) in [5.74, 6) is -1.47. The van der Waals surface area contributed by atoms with E-state index in [1.165, 1.54) is 0 Å². The summed E-state index contributed by atoms with van der Waals surface area (Å²) in [5, 5.41) is 14.0. The fraction of sp³-hybridized carbons (Fsp3) is 0.786. The number of aliphatic carboxylic acids is 1. The van der Waals surface area contributed by atoms with Gasteiger partial charge in [0, 0.05) is 12.0 Å². The number of carbonyl (C=O) groups excluding carboxylic acids is 2. The highest BCUT2D eigenvalue weighted by atomic mass is 16.6. The normalized spacial score (nSPS) is 13.2. The third-order valence-corrected chi connectivity index (χ3v) is 2.16. The molecule has 0 saturated carbocycles. The minimum atomic E-state index is -1.20. The average Bonchev–Trinajstić information content (AvgIpc) is 2.18. The molecular weight excluding hydrogens is 276 g/mol. The summed E-state index contributed by atoms with van der Waals surface area (Å²) in [5.41, 5.74) is -1.09. The topological polar surface area (TPSA) is 105 Å². The van der Waals surface area contributed by atoms with Crippen LogP contribution in [-0.2, 0) is 14.3 Å². The van der Waals surface area contributed by atoms with E-state index in [0.717, 1.165) is 0 Å². The van der Waals surface area contributed by atoms with Crippen molar-refractivity contribution in [3.05, 3.63) is 0 Å². The van der Waals surface area contributed by atoms with Crippen LogP contribution in [0.1, 0.15) is 54.4 Å². The Morgan fingerprint density at radius 1 is 1.10 bits per heavy atom. The number of hydrogen-bond acceptors (Lipinski definition) is 4. The number of amides is 2. The van der Waals surface area contributed by atoms with E-state index in [2.05, 4.69) is 10.6 Å². The molecule has 0 saturated heterocycles. The molecule has 122 valence electrons. The lowest BCUT2D eigenvalue weighted by Crippen LogP contribution is -2.45. The number of carbonyl (C=O) groups is 3. The fourth-order valence-corrected chi connectivity index (χ4v) is 1.46. The second-order valence-electron chi connectivity index (χ2n) is 6.87. The third-order valence-electron chi connectivity index (χ3n) is 2.16. The van der Waals surface area contributed by atoms with E-state index in [4.69, 9.17) is 9.84 Å². The van der Waals surface area contributed by atoms with Gasteiger partial charge in [-0.05, 0) is 48.0 Å². The van der Waals surface area contributed by atoms with Crippen molar-refractivity contribution in [2.75, 3.05) is 0 Å². The Labute approximate surface area is 125 Å². The Kier molecular flexibility index (Phi) is 6.66. The van der Waals surface area contributed by atoms with Gasteiger partial charge in [-0.25, -0.2) is 9.59 Å². The lowest BCUT2D eigenvalue weighted by Gasteiger charge is -2.23. The van der Waals surface area contributed by atoms with E-state index in [-0.39, 0.29) is 24.3 Å². The van der Waals surface area contributed by atoms with Crippen molar-refractivity contribution < 1.29 is 24.2 Å². The Hall–Kier alpha value is -1.79. The predicted octanol–water partition coefficient (Wildman–Crippen LogP) is 1.66. The molecule has 2 amide bonds. The molecule has 7 heteroatoms. The highest BCUT2D eigenvalue weighted by molar-refractivity contribution is 5.82. The van der Waals surface area contributed by atoms with Gasteiger partial charge in [0.2, 0.25) is 5.91 Å². The Morgan fingerprint density at radius 2 is 1.62 bits per heavy atom. The van der Waals surface area contributed by atoms with Crippen LogP contribution in [-0.4, -0.2) is 40.3 Å². The summed E-state index contributed by atoms with van der Waals surface area (Å²) >= 11 is 0. The predicted molar refractivity (Wildman–Crippen MR) is 77.9 cm³/mol. The van der Waals surface area contributed by atoms with Crippen LogP contribution >= 0.6 is 0 Å². The highest BCUT2D eigenvalue weighted by Gasteiger charge is 2.25. The molecule has 21 heavy (non-hydrogen) atoms. The number of hydrogen-bond donors (Lipinski definition) is 3. The Balaban J connectivity index is 4.42. The fourth-order valence-electron chi connectivity index (χ4n) is 1.46. The van der Waals surface area contributed by atoms with Gasteiger partial charge in [0.15, 0.2) is 0 Å². The van der Waals surface area contributed by atoms with Crippen LogP contribution in [0, 0.1) is 0 Å². The molecule has 0 fully saturated rings. The van der Waals surface area contributed by atoms with E-state index in [1.54, 1.807) is 20.8 Å². The maximum atomic E-state index is 11.7. The van der Waals surface area contributed by atoms with Gasteiger partial charge in [0.1, 0.15) is 11.6 Å². The van der Waals surface area contributed by atoms with E-state index in [1.807, 2.05) is 20.8 Å². The van der Waals surface area contributed by atoms with Crippen LogP contribution in [0.3, 0.4) is 0 Å². The highest BCUT2D eigenvalue weighted by Crippen LogP contribution is 2.08. The number of nitrogens with one attached hydrogen (secondary N) is 2. The first kappa shape index (κ1) is 19.2. The van der Waals surface area contributed by atoms with Crippen molar-refractivity contribution in [2.24, 2.45) is 0 Å². The molecule has 0 aliphatic heterocycles. The van der Waals surface area contributed by atoms with E-state index in [9.17, 15) is 14.4 Å². The molecule has 1 atom stereocenters. The van der Waals surface area contributed by atoms with E-state index >= 15 is 0 Å². The summed E-state index contributed by atoms with van der Waals surface area (Å²) in [6, 6.07) is -1.16. The smallest absolute Gasteiger partial charge is 0.408 e. The second kappa shape index (κ2) is 7.28. The molecule has 0 heterocycles. The summed E-state index contributed by atoms with van der Waals surface area (Å²) in [6.07, 6.45) is -0.813. The summed E-state index contributed by atoms with van der Waals surface area (Å²) in [4.78, 5) is 34.3. The van der Waals surface area contributed by atoms with Crippen LogP contribution in [0.5, 0.6) is 0 Å². The molecule has 0 aliphatic rings. The molecule has 0 radical (unpaired) electrons. The van der Waals surface area contributed by atoms with Gasteiger partial charge in [-0.15, -0.1) is 0 Å². The zero-order valence-corrected chi connectivity index (χ0v) is 13.6. The molecule has 0 unspecified atom stereocenters. The molecule has 3 N–H and O–H groups in total. The molecule has 0 rings (SSSR count). The van der Waals surface area contributed by atoms with Crippen LogP contribution in [0.25, 0.3) is 0 Å². The molecule has 0 bridgehead atoms. The Bertz CT molecular complexity index is 393. The summed E-state index contributed by atoms with van der Waals surface area (Å²) in [6.45, 7) is 10.5. The molecule has 0 aromatic rings. The first-order valence-electron chi connectivity index (χ1n) is 6.83. The zero-order valence-electron chi connectivity index (χ0n) is 13.6. The van der Waals surface area contributed by atoms with Gasteiger partial charge in [-0.1, -0.05) is 0 Å². The first-order chi connectivity index (χ1) is 9.30. The van der Waals surface area contributed by atoms with E-state index < -0.39 is 23.7 Å². The number of ether oxygens (including phenoxy) is 1. The standard InChI is InChI=1S/C14H26N2O5/c1-13(2,3)16-10(17)8-7-9(11(18)19)15-12(20)21-14(4,5)6/h9H,7-8H2,1-6H3,(H,15,20)(H,16,17)(H,18,19)/t9-/m0/s1. The SMILES string of the molecule is CC(C)(C)NC(=O)CC[C@H](NC(=O)OC(C)(C)C)C(=O)O. The van der Waals surface area contributed by atoms with Crippen molar-refractivity contribution in [2.45, 2.75) is 71.6 Å². The second-order valence-corrected chi connectivity index (χ2v) is 6.87. The zero-order chi connectivity index (χ0) is 16.8. The minimum Gasteiger partial charge on any atom is -0.480 e. The Morgan fingerprint density at radius 3 is 2.00 bits per heavy atom. The van der Waals surface area contributed by atoms with Crippen LogP contribution in [0.4, 0.5) is 4.79 Å². The van der Waals surface area contributed by atoms with Gasteiger partial charge < -0.3 is 20.5 Å². The first-order valence-corrected chi connectivity index (χ1v) is 6.83. The average molecular weight is 302 g/mol. The molecule has 0 spiro atoms. The maximum Gasteiger partial charge on any atom is 0.408 e. The summed E-state index contributed by atoms with van der Waals surface area (Å²) in [7, 11) is 0. The van der Waals surface area contributed by atoms with Crippen molar-refractivity contribution in [1.82, 2.24) is 10.6 Å². The molecule has 0 aromatic heterocycles. The molecule has 0 aromatic carbocycles. The number of carboxylic acids is 1. The lowest BCUT2D eigenvalue weighted by atomic mass is 10.1. The van der Waals surface area contributed by atoms with Crippen LogP contribution in [0.15, 0.2) is 0 Å². The van der Waals surface area contributed by atoms with Crippen molar-refractivity contribution in [3.8, 4) is 0 Å². The number of alkyl carbamates (subject to hydrolysis) is 1. The monoisotopic (exact) mass is 302 g/mol. The van der Waals surface area contributed by atoms with E-state index in [0.29, 0.717) is 0 Å². The summed E-state index contributed by atoms with van der Waals surface area (Å²) < 4.78 is 4.99. The van der Waals surface area contributed by atoms with Crippen molar-refractivity contribution >= 4 is 18.0 Å². The quantitative estimate of drug-likeness (QED) is 0.716. The molecule has 7 nitrogen and oxygen atoms in total. The largest absolute Gasteiger partial charge is 0.480 e. The van der Waals surface area contributed by atoms with Crippen LogP contribution in [0.2, 0.25) is 0 Å². The van der Waals surface area contributed by atoms with Gasteiger partial charge in [-0.2, -0.15) is 0 Å². The number of rotatable bonds is 5. The van der Waals surface area contributed by atoms with Gasteiger partial charge in [0.25, 0.3) is 0 Å². The van der Waals surface area contributed by atoms with Crippen molar-refractivity contribution in [1.29, 1.82) is 0 Å². The number of carboxylic acid groups (broad SMARTS) is 1. The van der Waals surface area contributed by atoms with Gasteiger partial charge >= 0.3 is 12.1 Å².